The van der Waals surface area contributed by atoms with Crippen LogP contribution in [-0.4, -0.2) is 52.8 Å². The average Bonchev–Trinajstić information content (AvgIpc) is 3.20. The van der Waals surface area contributed by atoms with Crippen molar-refractivity contribution in [2.24, 2.45) is 11.8 Å². The topological polar surface area (TPSA) is 86.6 Å². The fourth-order valence-corrected chi connectivity index (χ4v) is 2.92. The molecule has 0 amide bonds. The molecule has 1 N–H and O–H groups in total. The van der Waals surface area contributed by atoms with Crippen LogP contribution in [0.15, 0.2) is 12.1 Å². The molecule has 24 heavy (non-hydrogen) atoms. The number of nitrogens with one attached hydrogen (secondary N) is 1. The first-order chi connectivity index (χ1) is 11.1. The van der Waals surface area contributed by atoms with E-state index in [-0.39, 0.29) is 11.7 Å². The summed E-state index contributed by atoms with van der Waals surface area (Å²) in [7, 11) is -0.0385. The van der Waals surface area contributed by atoms with Gasteiger partial charge in [0.1, 0.15) is 11.6 Å². The quantitative estimate of drug-likeness (QED) is 0.597. The van der Waals surface area contributed by atoms with Gasteiger partial charge in [-0.2, -0.15) is 0 Å². The first-order valence-corrected chi connectivity index (χ1v) is 9.87. The number of ether oxygens (including phenoxy) is 1. The van der Waals surface area contributed by atoms with Gasteiger partial charge in [-0.25, -0.2) is 13.4 Å². The summed E-state index contributed by atoms with van der Waals surface area (Å²) in [5.74, 6) is 2.29. The number of rotatable bonds is 7. The Morgan fingerprint density at radius 3 is 2.46 bits per heavy atom. The van der Waals surface area contributed by atoms with Crippen LogP contribution in [0.2, 0.25) is 0 Å². The van der Waals surface area contributed by atoms with E-state index in [0.29, 0.717) is 23.9 Å². The van der Waals surface area contributed by atoms with Crippen LogP contribution >= 0.6 is 0 Å². The molecule has 0 bridgehead atoms. The molecule has 1 aromatic heterocycles. The van der Waals surface area contributed by atoms with Crippen LogP contribution in [0, 0.1) is 17.2 Å². The zero-order valence-corrected chi connectivity index (χ0v) is 15.7. The minimum atomic E-state index is -3.43. The first-order valence-electron chi connectivity index (χ1n) is 8.02. The number of hydrogen-bond donors (Lipinski definition) is 1. The molecule has 1 aromatic rings. The third-order valence-electron chi connectivity index (χ3n) is 4.34. The second-order valence-corrected chi connectivity index (χ2v) is 8.43. The summed E-state index contributed by atoms with van der Waals surface area (Å²) in [4.78, 5) is 6.48. The van der Waals surface area contributed by atoms with Gasteiger partial charge in [-0.3, -0.25) is 9.71 Å². The zero-order valence-electron chi connectivity index (χ0n) is 14.9. The Kier molecular flexibility index (Phi) is 5.37. The van der Waals surface area contributed by atoms with Gasteiger partial charge < -0.3 is 9.64 Å². The molecule has 0 aliphatic heterocycles. The predicted molar refractivity (Wildman–Crippen MR) is 96.5 cm³/mol. The molecule has 1 aliphatic rings. The second-order valence-electron chi connectivity index (χ2n) is 6.42. The summed E-state index contributed by atoms with van der Waals surface area (Å²) < 4.78 is 30.1. The molecular formula is C16H26N4O3S. The van der Waals surface area contributed by atoms with Crippen LogP contribution in [-0.2, 0) is 14.8 Å². The Balaban J connectivity index is 2.37. The highest BCUT2D eigenvalue weighted by Gasteiger charge is 2.33. The standard InChI is InChI=1S/C16H26N4O3S/c1-6-23-16(17)12-8-14(19(3)10-13-7-11(13)2)18-15(9-12)20(4)24(5,21)22/h8-9,11,13,17H,6-7,10H2,1-5H3. The van der Waals surface area contributed by atoms with Crippen LogP contribution in [0.1, 0.15) is 25.8 Å². The summed E-state index contributed by atoms with van der Waals surface area (Å²) in [5.41, 5.74) is 0.517. The molecule has 8 heteroatoms. The minimum Gasteiger partial charge on any atom is -0.478 e. The van der Waals surface area contributed by atoms with Crippen molar-refractivity contribution >= 4 is 27.6 Å². The van der Waals surface area contributed by atoms with E-state index in [1.807, 2.05) is 11.9 Å². The fourth-order valence-electron chi connectivity index (χ4n) is 2.49. The molecular weight excluding hydrogens is 328 g/mol. The van der Waals surface area contributed by atoms with Gasteiger partial charge >= 0.3 is 0 Å². The zero-order chi connectivity index (χ0) is 18.1. The van der Waals surface area contributed by atoms with Crippen LogP contribution in [0.5, 0.6) is 0 Å². The van der Waals surface area contributed by atoms with Crippen LogP contribution < -0.4 is 9.21 Å². The van der Waals surface area contributed by atoms with Crippen molar-refractivity contribution in [1.82, 2.24) is 4.98 Å². The summed E-state index contributed by atoms with van der Waals surface area (Å²) in [5, 5.41) is 8.01. The van der Waals surface area contributed by atoms with Crippen molar-refractivity contribution in [1.29, 1.82) is 5.41 Å². The van der Waals surface area contributed by atoms with Crippen LogP contribution in [0.25, 0.3) is 0 Å². The normalized spacial score (nSPS) is 19.7. The maximum Gasteiger partial charge on any atom is 0.233 e. The van der Waals surface area contributed by atoms with Gasteiger partial charge in [0.2, 0.25) is 15.9 Å². The lowest BCUT2D eigenvalue weighted by atomic mass is 10.2. The van der Waals surface area contributed by atoms with E-state index in [4.69, 9.17) is 10.1 Å². The molecule has 7 nitrogen and oxygen atoms in total. The van der Waals surface area contributed by atoms with Gasteiger partial charge in [-0.1, -0.05) is 6.92 Å². The van der Waals surface area contributed by atoms with Crippen molar-refractivity contribution in [3.05, 3.63) is 17.7 Å². The van der Waals surface area contributed by atoms with Crippen molar-refractivity contribution in [3.63, 3.8) is 0 Å². The highest BCUT2D eigenvalue weighted by Crippen LogP contribution is 2.38. The Morgan fingerprint density at radius 2 is 1.96 bits per heavy atom. The highest BCUT2D eigenvalue weighted by molar-refractivity contribution is 7.92. The van der Waals surface area contributed by atoms with E-state index in [0.717, 1.165) is 23.0 Å². The lowest BCUT2D eigenvalue weighted by Gasteiger charge is -2.23. The summed E-state index contributed by atoms with van der Waals surface area (Å²) >= 11 is 0. The van der Waals surface area contributed by atoms with Crippen molar-refractivity contribution in [2.75, 3.05) is 42.7 Å². The maximum atomic E-state index is 11.8. The van der Waals surface area contributed by atoms with Gasteiger partial charge in [-0.15, -0.1) is 0 Å². The molecule has 2 atom stereocenters. The van der Waals surface area contributed by atoms with Gasteiger partial charge in [0, 0.05) is 26.2 Å². The maximum absolute atomic E-state index is 11.8. The smallest absolute Gasteiger partial charge is 0.233 e. The molecule has 1 aliphatic carbocycles. The van der Waals surface area contributed by atoms with E-state index < -0.39 is 10.0 Å². The predicted octanol–water partition coefficient (Wildman–Crippen LogP) is 1.93. The van der Waals surface area contributed by atoms with Gasteiger partial charge in [-0.05, 0) is 37.3 Å². The average molecular weight is 354 g/mol. The van der Waals surface area contributed by atoms with Gasteiger partial charge in [0.15, 0.2) is 0 Å². The molecule has 0 radical (unpaired) electrons. The van der Waals surface area contributed by atoms with E-state index >= 15 is 0 Å². The third-order valence-corrected chi connectivity index (χ3v) is 5.53. The number of nitrogens with zero attached hydrogens (tertiary/aromatic N) is 3. The minimum absolute atomic E-state index is 0.0116. The SMILES string of the molecule is CCOC(=N)c1cc(N(C)CC2CC2C)nc(N(C)S(C)(=O)=O)c1. The van der Waals surface area contributed by atoms with Crippen molar-refractivity contribution < 1.29 is 13.2 Å². The van der Waals surface area contributed by atoms with Crippen molar-refractivity contribution in [2.45, 2.75) is 20.3 Å². The highest BCUT2D eigenvalue weighted by atomic mass is 32.2. The number of anilines is 2. The van der Waals surface area contributed by atoms with E-state index in [2.05, 4.69) is 11.9 Å². The monoisotopic (exact) mass is 354 g/mol. The number of hydrogen-bond acceptors (Lipinski definition) is 6. The first kappa shape index (κ1) is 18.5. The summed E-state index contributed by atoms with van der Waals surface area (Å²) in [6, 6.07) is 3.33. The molecule has 1 saturated carbocycles. The summed E-state index contributed by atoms with van der Waals surface area (Å²) in [6.07, 6.45) is 2.33. The fraction of sp³-hybridized carbons (Fsp3) is 0.625. The van der Waals surface area contributed by atoms with Gasteiger partial charge in [0.25, 0.3) is 0 Å². The van der Waals surface area contributed by atoms with Crippen LogP contribution in [0.4, 0.5) is 11.6 Å². The lowest BCUT2D eigenvalue weighted by molar-refractivity contribution is 0.325. The van der Waals surface area contributed by atoms with E-state index in [1.165, 1.54) is 13.5 Å². The Bertz CT molecular complexity index is 720. The molecule has 1 fully saturated rings. The molecule has 0 spiro atoms. The van der Waals surface area contributed by atoms with Crippen molar-refractivity contribution in [3.8, 4) is 0 Å². The molecule has 134 valence electrons. The van der Waals surface area contributed by atoms with Crippen LogP contribution in [0.3, 0.4) is 0 Å². The number of sulfonamides is 1. The summed E-state index contributed by atoms with van der Waals surface area (Å²) in [6.45, 7) is 5.27. The third kappa shape index (κ3) is 4.37. The molecule has 0 aromatic carbocycles. The molecule has 1 heterocycles. The van der Waals surface area contributed by atoms with E-state index in [9.17, 15) is 8.42 Å². The Labute approximate surface area is 144 Å². The second kappa shape index (κ2) is 6.96. The Hall–Kier alpha value is -1.83. The largest absolute Gasteiger partial charge is 0.478 e. The van der Waals surface area contributed by atoms with Gasteiger partial charge in [0.05, 0.1) is 12.9 Å². The Morgan fingerprint density at radius 1 is 1.38 bits per heavy atom. The number of pyridine rings is 1. The lowest BCUT2D eigenvalue weighted by Crippen LogP contribution is -2.28. The molecule has 2 unspecified atom stereocenters. The molecule has 0 saturated heterocycles. The molecule has 2 rings (SSSR count). The number of aromatic nitrogens is 1. The van der Waals surface area contributed by atoms with E-state index in [1.54, 1.807) is 19.1 Å².